The van der Waals surface area contributed by atoms with Gasteiger partial charge < -0.3 is 10.0 Å². The topological polar surface area (TPSA) is 49.2 Å². The second-order valence-electron chi connectivity index (χ2n) is 3.70. The van der Waals surface area contributed by atoms with Gasteiger partial charge in [-0.2, -0.15) is 4.98 Å². The van der Waals surface area contributed by atoms with Gasteiger partial charge in [-0.25, -0.2) is 4.98 Å². The molecule has 4 nitrogen and oxygen atoms in total. The maximum Gasteiger partial charge on any atom is 0.225 e. The Bertz CT molecular complexity index is 529. The van der Waals surface area contributed by atoms with Gasteiger partial charge in [-0.3, -0.25) is 0 Å². The van der Waals surface area contributed by atoms with E-state index >= 15 is 0 Å². The number of aliphatic hydroxyl groups is 1. The van der Waals surface area contributed by atoms with Crippen molar-refractivity contribution in [2.45, 2.75) is 13.8 Å². The van der Waals surface area contributed by atoms with Crippen molar-refractivity contribution in [1.82, 2.24) is 9.97 Å². The van der Waals surface area contributed by atoms with Crippen LogP contribution in [0.15, 0.2) is 6.07 Å². The Labute approximate surface area is 109 Å². The zero-order valence-electron chi connectivity index (χ0n) is 9.77. The molecule has 0 radical (unpaired) electrons. The molecule has 0 saturated carbocycles. The summed E-state index contributed by atoms with van der Waals surface area (Å²) >= 11 is 7.53. The molecule has 0 bridgehead atoms. The molecule has 0 spiro atoms. The lowest BCUT2D eigenvalue weighted by Gasteiger charge is -2.21. The van der Waals surface area contributed by atoms with E-state index in [9.17, 15) is 0 Å². The molecule has 0 saturated heterocycles. The van der Waals surface area contributed by atoms with Crippen molar-refractivity contribution in [3.05, 3.63) is 16.2 Å². The molecule has 0 unspecified atom stereocenters. The zero-order chi connectivity index (χ0) is 12.4. The predicted molar refractivity (Wildman–Crippen MR) is 72.1 cm³/mol. The fourth-order valence-corrected chi connectivity index (χ4v) is 2.87. The van der Waals surface area contributed by atoms with Gasteiger partial charge in [0.05, 0.1) is 12.0 Å². The highest BCUT2D eigenvalue weighted by atomic mass is 35.5. The van der Waals surface area contributed by atoms with Crippen molar-refractivity contribution < 1.29 is 5.11 Å². The highest BCUT2D eigenvalue weighted by molar-refractivity contribution is 7.18. The largest absolute Gasteiger partial charge is 0.395 e. The summed E-state index contributed by atoms with van der Waals surface area (Å²) in [4.78, 5) is 12.6. The van der Waals surface area contributed by atoms with E-state index in [1.807, 2.05) is 18.7 Å². The summed E-state index contributed by atoms with van der Waals surface area (Å²) in [5, 5.41) is 10.3. The SMILES string of the molecule is CCN(CCO)c1nc(Cl)nc2sc(C)cc12. The average molecular weight is 272 g/mol. The standard InChI is InChI=1S/C11H14ClN3OS/c1-3-15(4-5-16)9-8-6-7(2)17-10(8)14-11(12)13-9/h6,16H,3-5H2,1-2H3. The first-order valence-corrected chi connectivity index (χ1v) is 6.64. The number of thiophene rings is 1. The Morgan fingerprint density at radius 3 is 2.88 bits per heavy atom. The van der Waals surface area contributed by atoms with E-state index in [-0.39, 0.29) is 11.9 Å². The summed E-state index contributed by atoms with van der Waals surface area (Å²) < 4.78 is 0. The number of hydrogen-bond donors (Lipinski definition) is 1. The van der Waals surface area contributed by atoms with Crippen molar-refractivity contribution in [1.29, 1.82) is 0 Å². The summed E-state index contributed by atoms with van der Waals surface area (Å²) in [6.45, 7) is 5.48. The zero-order valence-corrected chi connectivity index (χ0v) is 11.3. The molecule has 0 atom stereocenters. The molecule has 6 heteroatoms. The number of halogens is 1. The van der Waals surface area contributed by atoms with Gasteiger partial charge in [-0.15, -0.1) is 11.3 Å². The van der Waals surface area contributed by atoms with Crippen molar-refractivity contribution >= 4 is 39.0 Å². The molecule has 0 fully saturated rings. The predicted octanol–water partition coefficient (Wildman–Crippen LogP) is 2.47. The molecule has 17 heavy (non-hydrogen) atoms. The fraction of sp³-hybridized carbons (Fsp3) is 0.455. The maximum atomic E-state index is 9.06. The van der Waals surface area contributed by atoms with Crippen LogP contribution in [0.4, 0.5) is 5.82 Å². The number of likely N-dealkylation sites (N-methyl/N-ethyl adjacent to an activating group) is 1. The molecule has 2 heterocycles. The minimum Gasteiger partial charge on any atom is -0.395 e. The lowest BCUT2D eigenvalue weighted by Crippen LogP contribution is -2.27. The minimum absolute atomic E-state index is 0.0973. The lowest BCUT2D eigenvalue weighted by atomic mass is 10.3. The Morgan fingerprint density at radius 1 is 1.47 bits per heavy atom. The Kier molecular flexibility index (Phi) is 3.81. The van der Waals surface area contributed by atoms with Crippen molar-refractivity contribution in [2.75, 3.05) is 24.6 Å². The van der Waals surface area contributed by atoms with Gasteiger partial charge in [0.15, 0.2) is 0 Å². The Morgan fingerprint density at radius 2 is 2.24 bits per heavy atom. The normalized spacial score (nSPS) is 11.1. The molecule has 0 aromatic carbocycles. The van der Waals surface area contributed by atoms with Crippen LogP contribution in [0.3, 0.4) is 0 Å². The van der Waals surface area contributed by atoms with Gasteiger partial charge >= 0.3 is 0 Å². The molecule has 0 aliphatic heterocycles. The number of rotatable bonds is 4. The van der Waals surface area contributed by atoms with Crippen LogP contribution in [0.5, 0.6) is 0 Å². The number of aryl methyl sites for hydroxylation is 1. The number of aliphatic hydroxyl groups excluding tert-OH is 1. The van der Waals surface area contributed by atoms with Gasteiger partial charge in [-0.05, 0) is 31.5 Å². The summed E-state index contributed by atoms with van der Waals surface area (Å²) in [6, 6.07) is 2.06. The van der Waals surface area contributed by atoms with Crippen molar-refractivity contribution in [3.63, 3.8) is 0 Å². The van der Waals surface area contributed by atoms with E-state index in [1.54, 1.807) is 11.3 Å². The quantitative estimate of drug-likeness (QED) is 0.868. The average Bonchev–Trinajstić information content (AvgIpc) is 2.65. The highest BCUT2D eigenvalue weighted by Gasteiger charge is 2.14. The van der Waals surface area contributed by atoms with Crippen LogP contribution in [-0.4, -0.2) is 34.8 Å². The molecule has 2 aromatic rings. The van der Waals surface area contributed by atoms with Crippen molar-refractivity contribution in [2.24, 2.45) is 0 Å². The van der Waals surface area contributed by atoms with E-state index < -0.39 is 0 Å². The second-order valence-corrected chi connectivity index (χ2v) is 5.27. The van der Waals surface area contributed by atoms with Crippen LogP contribution in [-0.2, 0) is 0 Å². The summed E-state index contributed by atoms with van der Waals surface area (Å²) in [5.74, 6) is 0.806. The molecular weight excluding hydrogens is 258 g/mol. The number of fused-ring (bicyclic) bond motifs is 1. The highest BCUT2D eigenvalue weighted by Crippen LogP contribution is 2.31. The minimum atomic E-state index is 0.0973. The van der Waals surface area contributed by atoms with E-state index in [2.05, 4.69) is 16.0 Å². The smallest absolute Gasteiger partial charge is 0.225 e. The molecule has 0 aliphatic carbocycles. The van der Waals surface area contributed by atoms with E-state index in [4.69, 9.17) is 16.7 Å². The maximum absolute atomic E-state index is 9.06. The van der Waals surface area contributed by atoms with Gasteiger partial charge in [-0.1, -0.05) is 0 Å². The Balaban J connectivity index is 2.57. The van der Waals surface area contributed by atoms with Crippen LogP contribution in [0.2, 0.25) is 5.28 Å². The number of anilines is 1. The van der Waals surface area contributed by atoms with Crippen LogP contribution in [0.1, 0.15) is 11.8 Å². The Hall–Kier alpha value is -0.910. The number of hydrogen-bond acceptors (Lipinski definition) is 5. The summed E-state index contributed by atoms with van der Waals surface area (Å²) in [7, 11) is 0. The molecule has 2 aromatic heterocycles. The molecule has 2 rings (SSSR count). The first-order chi connectivity index (χ1) is 8.15. The third-order valence-electron chi connectivity index (χ3n) is 2.52. The van der Waals surface area contributed by atoms with E-state index in [1.165, 1.54) is 4.88 Å². The van der Waals surface area contributed by atoms with Crippen molar-refractivity contribution in [3.8, 4) is 0 Å². The molecular formula is C11H14ClN3OS. The second kappa shape index (κ2) is 5.16. The third kappa shape index (κ3) is 2.51. The molecule has 0 aliphatic rings. The molecule has 0 amide bonds. The van der Waals surface area contributed by atoms with Gasteiger partial charge in [0.2, 0.25) is 5.28 Å². The van der Waals surface area contributed by atoms with E-state index in [0.29, 0.717) is 6.54 Å². The number of aromatic nitrogens is 2. The van der Waals surface area contributed by atoms with E-state index in [0.717, 1.165) is 22.6 Å². The monoisotopic (exact) mass is 271 g/mol. The fourth-order valence-electron chi connectivity index (χ4n) is 1.78. The third-order valence-corrected chi connectivity index (χ3v) is 3.63. The van der Waals surface area contributed by atoms with Crippen LogP contribution in [0.25, 0.3) is 10.2 Å². The lowest BCUT2D eigenvalue weighted by molar-refractivity contribution is 0.302. The summed E-state index contributed by atoms with van der Waals surface area (Å²) in [5.41, 5.74) is 0. The van der Waals surface area contributed by atoms with Crippen LogP contribution < -0.4 is 4.90 Å². The molecule has 1 N–H and O–H groups in total. The van der Waals surface area contributed by atoms with Gasteiger partial charge in [0, 0.05) is 18.0 Å². The first kappa shape index (κ1) is 12.5. The van der Waals surface area contributed by atoms with Crippen LogP contribution >= 0.6 is 22.9 Å². The van der Waals surface area contributed by atoms with Gasteiger partial charge in [0.25, 0.3) is 0 Å². The van der Waals surface area contributed by atoms with Crippen LogP contribution in [0, 0.1) is 6.92 Å². The van der Waals surface area contributed by atoms with Gasteiger partial charge in [0.1, 0.15) is 10.6 Å². The number of nitrogens with zero attached hydrogens (tertiary/aromatic N) is 3. The molecule has 92 valence electrons. The first-order valence-electron chi connectivity index (χ1n) is 5.45. The summed E-state index contributed by atoms with van der Waals surface area (Å²) in [6.07, 6.45) is 0.